The molecule has 0 fully saturated rings. The van der Waals surface area contributed by atoms with E-state index >= 15 is 0 Å². The maximum absolute atomic E-state index is 2.51. The highest BCUT2D eigenvalue weighted by Crippen LogP contribution is 2.54. The summed E-state index contributed by atoms with van der Waals surface area (Å²) in [4.78, 5) is 2.48. The van der Waals surface area contributed by atoms with Crippen LogP contribution in [0.1, 0.15) is 25.0 Å². The Labute approximate surface area is 278 Å². The fourth-order valence-corrected chi connectivity index (χ4v) is 8.88. The highest BCUT2D eigenvalue weighted by Gasteiger charge is 2.36. The average molecular weight is 614 g/mol. The molecule has 7 aromatic carbocycles. The number of anilines is 3. The third-order valence-corrected chi connectivity index (χ3v) is 11.0. The summed E-state index contributed by atoms with van der Waals surface area (Å²) in [5, 5.41) is 5.09. The van der Waals surface area contributed by atoms with Crippen LogP contribution >= 0.6 is 0 Å². The fourth-order valence-electron chi connectivity index (χ4n) is 8.88. The molecule has 3 nitrogen and oxygen atoms in total. The molecule has 0 radical (unpaired) electrons. The van der Waals surface area contributed by atoms with Crippen molar-refractivity contribution in [2.24, 2.45) is 0 Å². The highest BCUT2D eigenvalue weighted by atomic mass is 15.2. The normalized spacial score (nSPS) is 14.2. The van der Waals surface area contributed by atoms with Crippen LogP contribution in [-0.4, -0.2) is 9.13 Å². The molecule has 0 bridgehead atoms. The van der Waals surface area contributed by atoms with Gasteiger partial charge in [0.25, 0.3) is 0 Å². The quantitative estimate of drug-likeness (QED) is 0.189. The van der Waals surface area contributed by atoms with Gasteiger partial charge in [-0.3, -0.25) is 0 Å². The first-order chi connectivity index (χ1) is 23.6. The lowest BCUT2D eigenvalue weighted by molar-refractivity contribution is 0.660. The molecule has 11 rings (SSSR count). The minimum Gasteiger partial charge on any atom is -0.309 e. The van der Waals surface area contributed by atoms with Crippen molar-refractivity contribution in [2.75, 3.05) is 4.90 Å². The van der Waals surface area contributed by atoms with E-state index in [-0.39, 0.29) is 5.41 Å². The maximum Gasteiger partial charge on any atom is 0.0783 e. The van der Waals surface area contributed by atoms with Crippen LogP contribution in [0.3, 0.4) is 0 Å². The van der Waals surface area contributed by atoms with Crippen molar-refractivity contribution < 1.29 is 0 Å². The molecule has 1 aliphatic carbocycles. The van der Waals surface area contributed by atoms with Crippen molar-refractivity contribution in [3.05, 3.63) is 163 Å². The molecule has 3 heteroatoms. The zero-order valence-electron chi connectivity index (χ0n) is 26.8. The molecule has 226 valence electrons. The van der Waals surface area contributed by atoms with Crippen molar-refractivity contribution >= 4 is 60.7 Å². The first kappa shape index (κ1) is 26.1. The van der Waals surface area contributed by atoms with Crippen LogP contribution in [0.5, 0.6) is 0 Å². The summed E-state index contributed by atoms with van der Waals surface area (Å²) in [6.07, 6.45) is 0. The van der Waals surface area contributed by atoms with Gasteiger partial charge in [0.2, 0.25) is 0 Å². The Morgan fingerprint density at radius 2 is 1.06 bits per heavy atom. The number of fused-ring (bicyclic) bond motifs is 11. The molecule has 2 aromatic heterocycles. The van der Waals surface area contributed by atoms with E-state index in [1.165, 1.54) is 94.3 Å². The lowest BCUT2D eigenvalue weighted by atomic mass is 9.82. The van der Waals surface area contributed by atoms with E-state index in [0.29, 0.717) is 0 Å². The maximum atomic E-state index is 2.51. The van der Waals surface area contributed by atoms with E-state index in [4.69, 9.17) is 0 Å². The van der Waals surface area contributed by atoms with Gasteiger partial charge < -0.3 is 14.0 Å². The average Bonchev–Trinajstić information content (AvgIpc) is 3.72. The summed E-state index contributed by atoms with van der Waals surface area (Å²) in [5.74, 6) is 0. The monoisotopic (exact) mass is 613 g/mol. The Hall–Kier alpha value is -6.06. The van der Waals surface area contributed by atoms with E-state index < -0.39 is 0 Å². The van der Waals surface area contributed by atoms with E-state index in [1.54, 1.807) is 0 Å². The number of rotatable bonds is 2. The van der Waals surface area contributed by atoms with E-state index in [9.17, 15) is 0 Å². The first-order valence-corrected chi connectivity index (χ1v) is 16.8. The van der Waals surface area contributed by atoms with Crippen molar-refractivity contribution in [3.8, 4) is 22.5 Å². The molecule has 0 atom stereocenters. The van der Waals surface area contributed by atoms with Gasteiger partial charge in [-0.25, -0.2) is 0 Å². The third kappa shape index (κ3) is 3.18. The summed E-state index contributed by atoms with van der Waals surface area (Å²) in [7, 11) is 0. The zero-order valence-corrected chi connectivity index (χ0v) is 26.8. The van der Waals surface area contributed by atoms with Crippen molar-refractivity contribution in [1.82, 2.24) is 9.13 Å². The molecule has 1 aliphatic heterocycles. The van der Waals surface area contributed by atoms with Crippen LogP contribution in [0.4, 0.5) is 17.1 Å². The molecule has 9 aromatic rings. The largest absolute Gasteiger partial charge is 0.309 e. The van der Waals surface area contributed by atoms with Gasteiger partial charge in [0, 0.05) is 38.3 Å². The van der Waals surface area contributed by atoms with Crippen molar-refractivity contribution in [3.63, 3.8) is 0 Å². The summed E-state index contributed by atoms with van der Waals surface area (Å²) in [6.45, 7) is 4.72. The molecule has 0 saturated carbocycles. The lowest BCUT2D eigenvalue weighted by Gasteiger charge is -2.34. The van der Waals surface area contributed by atoms with Crippen molar-refractivity contribution in [1.29, 1.82) is 0 Å². The summed E-state index contributed by atoms with van der Waals surface area (Å²) >= 11 is 0. The Kier molecular flexibility index (Phi) is 4.91. The minimum absolute atomic E-state index is 0.0698. The number of hydrogen-bond donors (Lipinski definition) is 0. The molecule has 48 heavy (non-hydrogen) atoms. The van der Waals surface area contributed by atoms with Crippen molar-refractivity contribution in [2.45, 2.75) is 19.3 Å². The second kappa shape index (κ2) is 9.05. The molecule has 0 saturated heterocycles. The molecular formula is C45H31N3. The van der Waals surface area contributed by atoms with Gasteiger partial charge in [0.05, 0.1) is 39.1 Å². The van der Waals surface area contributed by atoms with Gasteiger partial charge >= 0.3 is 0 Å². The molecule has 0 unspecified atom stereocenters. The summed E-state index contributed by atoms with van der Waals surface area (Å²) < 4.78 is 4.92. The molecular weight excluding hydrogens is 583 g/mol. The zero-order chi connectivity index (χ0) is 31.7. The second-order valence-corrected chi connectivity index (χ2v) is 13.8. The first-order valence-electron chi connectivity index (χ1n) is 16.8. The van der Waals surface area contributed by atoms with Crippen LogP contribution < -0.4 is 4.90 Å². The van der Waals surface area contributed by atoms with Gasteiger partial charge in [0.15, 0.2) is 0 Å². The van der Waals surface area contributed by atoms with Crippen LogP contribution in [0.25, 0.3) is 66.1 Å². The number of para-hydroxylation sites is 5. The summed E-state index contributed by atoms with van der Waals surface area (Å²) in [6, 6.07) is 56.1. The van der Waals surface area contributed by atoms with Gasteiger partial charge in [-0.05, 0) is 82.9 Å². The van der Waals surface area contributed by atoms with E-state index in [0.717, 1.165) is 0 Å². The van der Waals surface area contributed by atoms with Crippen LogP contribution in [0.15, 0.2) is 152 Å². The smallest absolute Gasteiger partial charge is 0.0783 e. The molecule has 0 amide bonds. The van der Waals surface area contributed by atoms with Crippen LogP contribution in [-0.2, 0) is 5.41 Å². The SMILES string of the molecule is CC1(C)c2ccccc2-c2ccc(N3c4ccccc4-n4c5cc6c(cc5c5cccc3c54)c3ccccc3n6-c3ccccc3)cc21. The Morgan fingerprint density at radius 3 is 1.96 bits per heavy atom. The molecule has 2 aliphatic rings. The fraction of sp³-hybridized carbons (Fsp3) is 0.0667. The highest BCUT2D eigenvalue weighted by molar-refractivity contribution is 6.22. The number of nitrogens with zero attached hydrogens (tertiary/aromatic N) is 3. The Morgan fingerprint density at radius 1 is 0.396 bits per heavy atom. The van der Waals surface area contributed by atoms with E-state index in [2.05, 4.69) is 180 Å². The number of benzene rings is 7. The van der Waals surface area contributed by atoms with Gasteiger partial charge in [0.1, 0.15) is 0 Å². The van der Waals surface area contributed by atoms with E-state index in [1.807, 2.05) is 0 Å². The minimum atomic E-state index is -0.0698. The Bertz CT molecular complexity index is 2810. The van der Waals surface area contributed by atoms with Crippen LogP contribution in [0, 0.1) is 0 Å². The number of aromatic nitrogens is 2. The second-order valence-electron chi connectivity index (χ2n) is 13.8. The van der Waals surface area contributed by atoms with Crippen LogP contribution in [0.2, 0.25) is 0 Å². The third-order valence-electron chi connectivity index (χ3n) is 11.0. The van der Waals surface area contributed by atoms with Gasteiger partial charge in [-0.15, -0.1) is 0 Å². The lowest BCUT2D eigenvalue weighted by Crippen LogP contribution is -2.19. The Balaban J connectivity index is 1.22. The van der Waals surface area contributed by atoms with Gasteiger partial charge in [-0.1, -0.05) is 105 Å². The van der Waals surface area contributed by atoms with Gasteiger partial charge in [-0.2, -0.15) is 0 Å². The molecule has 0 N–H and O–H groups in total. The molecule has 0 spiro atoms. The molecule has 3 heterocycles. The standard InChI is InChI=1S/C45H31N3/c1-45(2)36-18-8-6-15-30(36)31-24-23-29(25-37(31)45)47-39-20-10-11-21-40(39)48-43-27-42-34(26-35(43)33-17-12-22-41(47)44(33)48)32-16-7-9-19-38(32)46(42)28-13-4-3-5-14-28/h3-27H,1-2H3. The topological polar surface area (TPSA) is 13.1 Å². The predicted octanol–water partition coefficient (Wildman–Crippen LogP) is 12.0. The summed E-state index contributed by atoms with van der Waals surface area (Å²) in [5.41, 5.74) is 16.3. The number of hydrogen-bond acceptors (Lipinski definition) is 1. The predicted molar refractivity (Wildman–Crippen MR) is 201 cm³/mol.